The van der Waals surface area contributed by atoms with Crippen molar-refractivity contribution in [1.29, 1.82) is 0 Å². The van der Waals surface area contributed by atoms with Crippen LogP contribution >= 0.6 is 11.3 Å². The van der Waals surface area contributed by atoms with Gasteiger partial charge < -0.3 is 15.4 Å². The number of carbonyl (C=O) groups is 1. The molecule has 1 aliphatic rings. The molecule has 0 spiro atoms. The lowest BCUT2D eigenvalue weighted by molar-refractivity contribution is 0.221. The zero-order valence-electron chi connectivity index (χ0n) is 12.6. The Hall–Kier alpha value is -2.08. The Morgan fingerprint density at radius 3 is 3.05 bits per heavy atom. The third kappa shape index (κ3) is 3.22. The first-order valence-corrected chi connectivity index (χ1v) is 8.16. The van der Waals surface area contributed by atoms with Crippen LogP contribution in [0.25, 0.3) is 0 Å². The monoisotopic (exact) mass is 317 g/mol. The van der Waals surface area contributed by atoms with Gasteiger partial charge in [-0.3, -0.25) is 0 Å². The normalized spacial score (nSPS) is 18.0. The summed E-state index contributed by atoms with van der Waals surface area (Å²) in [4.78, 5) is 17.7. The molecule has 1 aromatic heterocycles. The number of urea groups is 1. The predicted molar refractivity (Wildman–Crippen MR) is 86.2 cm³/mol. The highest BCUT2D eigenvalue weighted by Gasteiger charge is 2.23. The van der Waals surface area contributed by atoms with Crippen molar-refractivity contribution >= 4 is 17.4 Å². The molecule has 116 valence electrons. The SMILES string of the molecule is Cc1cnc(C(C)NC(=O)NC2CCOc3ccccc32)s1. The van der Waals surface area contributed by atoms with E-state index in [0.29, 0.717) is 6.61 Å². The van der Waals surface area contributed by atoms with E-state index in [9.17, 15) is 4.79 Å². The minimum atomic E-state index is -0.179. The molecular weight excluding hydrogens is 298 g/mol. The fraction of sp³-hybridized carbons (Fsp3) is 0.375. The van der Waals surface area contributed by atoms with E-state index in [2.05, 4.69) is 15.6 Å². The Morgan fingerprint density at radius 2 is 2.27 bits per heavy atom. The number of thiazole rings is 1. The van der Waals surface area contributed by atoms with Crippen molar-refractivity contribution in [2.24, 2.45) is 0 Å². The maximum absolute atomic E-state index is 12.2. The zero-order valence-corrected chi connectivity index (χ0v) is 13.4. The molecule has 5 nitrogen and oxygen atoms in total. The number of hydrogen-bond acceptors (Lipinski definition) is 4. The molecule has 2 amide bonds. The van der Waals surface area contributed by atoms with Gasteiger partial charge in [0.1, 0.15) is 10.8 Å². The van der Waals surface area contributed by atoms with Gasteiger partial charge in [0.15, 0.2) is 0 Å². The van der Waals surface area contributed by atoms with Gasteiger partial charge in [-0.1, -0.05) is 18.2 Å². The van der Waals surface area contributed by atoms with Crippen molar-refractivity contribution in [3.63, 3.8) is 0 Å². The third-order valence-corrected chi connectivity index (χ3v) is 4.72. The van der Waals surface area contributed by atoms with E-state index in [1.807, 2.05) is 44.3 Å². The first kappa shape index (κ1) is 14.8. The van der Waals surface area contributed by atoms with Gasteiger partial charge in [-0.2, -0.15) is 0 Å². The minimum absolute atomic E-state index is 0.0184. The van der Waals surface area contributed by atoms with E-state index in [-0.39, 0.29) is 18.1 Å². The van der Waals surface area contributed by atoms with Crippen LogP contribution in [0.4, 0.5) is 4.79 Å². The molecule has 2 N–H and O–H groups in total. The number of aromatic nitrogens is 1. The molecule has 2 aromatic rings. The van der Waals surface area contributed by atoms with Crippen molar-refractivity contribution in [2.75, 3.05) is 6.61 Å². The van der Waals surface area contributed by atoms with Gasteiger partial charge in [-0.05, 0) is 19.9 Å². The van der Waals surface area contributed by atoms with Crippen molar-refractivity contribution < 1.29 is 9.53 Å². The van der Waals surface area contributed by atoms with Crippen LogP contribution in [0.1, 0.15) is 40.9 Å². The number of ether oxygens (including phenoxy) is 1. The van der Waals surface area contributed by atoms with E-state index in [1.165, 1.54) is 0 Å². The summed E-state index contributed by atoms with van der Waals surface area (Å²) in [5.41, 5.74) is 1.03. The van der Waals surface area contributed by atoms with Crippen LogP contribution in [0.15, 0.2) is 30.5 Å². The number of rotatable bonds is 3. The summed E-state index contributed by atoms with van der Waals surface area (Å²) in [5, 5.41) is 6.89. The number of aryl methyl sites for hydroxylation is 1. The Kier molecular flexibility index (Phi) is 4.29. The molecule has 3 rings (SSSR count). The molecule has 0 saturated carbocycles. The van der Waals surface area contributed by atoms with E-state index >= 15 is 0 Å². The van der Waals surface area contributed by atoms with Crippen molar-refractivity contribution in [3.05, 3.63) is 45.9 Å². The number of nitrogens with one attached hydrogen (secondary N) is 2. The highest BCUT2D eigenvalue weighted by Crippen LogP contribution is 2.31. The van der Waals surface area contributed by atoms with Crippen LogP contribution < -0.4 is 15.4 Å². The number of benzene rings is 1. The van der Waals surface area contributed by atoms with Gasteiger partial charge in [0.25, 0.3) is 0 Å². The first-order valence-electron chi connectivity index (χ1n) is 7.34. The van der Waals surface area contributed by atoms with Crippen LogP contribution in [0.5, 0.6) is 5.75 Å². The molecule has 0 bridgehead atoms. The molecule has 0 aliphatic carbocycles. The molecule has 2 heterocycles. The number of para-hydroxylation sites is 1. The van der Waals surface area contributed by atoms with Crippen molar-refractivity contribution in [2.45, 2.75) is 32.4 Å². The number of amides is 2. The third-order valence-electron chi connectivity index (χ3n) is 3.62. The van der Waals surface area contributed by atoms with E-state index in [0.717, 1.165) is 27.6 Å². The summed E-state index contributed by atoms with van der Waals surface area (Å²) in [6, 6.07) is 7.52. The minimum Gasteiger partial charge on any atom is -0.493 e. The molecule has 6 heteroatoms. The number of carbonyl (C=O) groups excluding carboxylic acids is 1. The summed E-state index contributed by atoms with van der Waals surface area (Å²) >= 11 is 1.60. The number of fused-ring (bicyclic) bond motifs is 1. The lowest BCUT2D eigenvalue weighted by Gasteiger charge is -2.27. The van der Waals surface area contributed by atoms with Gasteiger partial charge in [0.05, 0.1) is 18.7 Å². The smallest absolute Gasteiger partial charge is 0.315 e. The summed E-state index contributed by atoms with van der Waals surface area (Å²) in [7, 11) is 0. The topological polar surface area (TPSA) is 63.2 Å². The Labute approximate surface area is 133 Å². The van der Waals surface area contributed by atoms with Crippen LogP contribution in [0.2, 0.25) is 0 Å². The molecule has 2 atom stereocenters. The first-order chi connectivity index (χ1) is 10.6. The maximum Gasteiger partial charge on any atom is 0.315 e. The highest BCUT2D eigenvalue weighted by molar-refractivity contribution is 7.11. The van der Waals surface area contributed by atoms with Crippen LogP contribution in [-0.2, 0) is 0 Å². The van der Waals surface area contributed by atoms with E-state index in [1.54, 1.807) is 11.3 Å². The fourth-order valence-corrected chi connectivity index (χ4v) is 3.30. The van der Waals surface area contributed by atoms with Crippen molar-refractivity contribution in [3.8, 4) is 5.75 Å². The van der Waals surface area contributed by atoms with Gasteiger partial charge in [0, 0.05) is 23.1 Å². The molecule has 1 aromatic carbocycles. The fourth-order valence-electron chi connectivity index (χ4n) is 2.52. The second-order valence-electron chi connectivity index (χ2n) is 5.38. The van der Waals surface area contributed by atoms with E-state index < -0.39 is 0 Å². The maximum atomic E-state index is 12.2. The number of hydrogen-bond donors (Lipinski definition) is 2. The molecular formula is C16H19N3O2S. The van der Waals surface area contributed by atoms with Crippen LogP contribution in [0, 0.1) is 6.92 Å². The molecule has 2 unspecified atom stereocenters. The lowest BCUT2D eigenvalue weighted by atomic mass is 10.0. The standard InChI is InChI=1S/C16H19N3O2S/c1-10-9-17-15(22-10)11(2)18-16(20)19-13-7-8-21-14-6-4-3-5-12(13)14/h3-6,9,11,13H,7-8H2,1-2H3,(H2,18,19,20). The Morgan fingerprint density at radius 1 is 1.45 bits per heavy atom. The summed E-state index contributed by atoms with van der Waals surface area (Å²) in [5.74, 6) is 0.850. The van der Waals surface area contributed by atoms with Gasteiger partial charge in [0.2, 0.25) is 0 Å². The number of nitrogens with zero attached hydrogens (tertiary/aromatic N) is 1. The predicted octanol–water partition coefficient (Wildman–Crippen LogP) is 3.34. The Balaban J connectivity index is 1.63. The molecule has 0 saturated heterocycles. The van der Waals surface area contributed by atoms with Gasteiger partial charge >= 0.3 is 6.03 Å². The van der Waals surface area contributed by atoms with Crippen LogP contribution in [0.3, 0.4) is 0 Å². The molecule has 0 fully saturated rings. The second-order valence-corrected chi connectivity index (χ2v) is 6.64. The van der Waals surface area contributed by atoms with E-state index in [4.69, 9.17) is 4.74 Å². The molecule has 1 aliphatic heterocycles. The summed E-state index contributed by atoms with van der Waals surface area (Å²) in [6.45, 7) is 4.56. The van der Waals surface area contributed by atoms with Crippen molar-refractivity contribution in [1.82, 2.24) is 15.6 Å². The average Bonchev–Trinajstić information content (AvgIpc) is 2.94. The second kappa shape index (κ2) is 6.36. The largest absolute Gasteiger partial charge is 0.493 e. The molecule has 22 heavy (non-hydrogen) atoms. The summed E-state index contributed by atoms with van der Waals surface area (Å²) in [6.07, 6.45) is 2.60. The zero-order chi connectivity index (χ0) is 15.5. The van der Waals surface area contributed by atoms with Gasteiger partial charge in [-0.25, -0.2) is 9.78 Å². The Bertz CT molecular complexity index is 671. The van der Waals surface area contributed by atoms with Crippen LogP contribution in [-0.4, -0.2) is 17.6 Å². The highest BCUT2D eigenvalue weighted by atomic mass is 32.1. The average molecular weight is 317 g/mol. The quantitative estimate of drug-likeness (QED) is 0.912. The van der Waals surface area contributed by atoms with Gasteiger partial charge in [-0.15, -0.1) is 11.3 Å². The lowest BCUT2D eigenvalue weighted by Crippen LogP contribution is -2.40. The summed E-state index contributed by atoms with van der Waals surface area (Å²) < 4.78 is 5.61. The molecule has 0 radical (unpaired) electrons.